The zero-order chi connectivity index (χ0) is 15.9. The molecular weight excluding hydrogens is 284 g/mol. The summed E-state index contributed by atoms with van der Waals surface area (Å²) in [4.78, 5) is 2.62. The number of hydrogen-bond donors (Lipinski definition) is 0. The third-order valence-electron chi connectivity index (χ3n) is 6.67. The van der Waals surface area contributed by atoms with Crippen molar-refractivity contribution in [1.29, 1.82) is 5.26 Å². The minimum Gasteiger partial charge on any atom is -0.497 e. The van der Waals surface area contributed by atoms with Gasteiger partial charge in [-0.3, -0.25) is 4.90 Å². The van der Waals surface area contributed by atoms with Gasteiger partial charge in [0.2, 0.25) is 0 Å². The molecule has 1 aromatic rings. The molecule has 0 unspecified atom stereocenters. The molecule has 0 amide bonds. The van der Waals surface area contributed by atoms with Gasteiger partial charge in [-0.1, -0.05) is 18.9 Å². The van der Waals surface area contributed by atoms with Crippen molar-refractivity contribution < 1.29 is 4.74 Å². The van der Waals surface area contributed by atoms with E-state index in [-0.39, 0.29) is 0 Å². The standard InChI is InChI=1S/C20H26N2O/c1-23-16-7-6-15-13-19-17-5-2-3-8-20(17,18(15)14-16)9-12-22(19)11-4-10-21/h6-7,14,17,19H,2-5,8-9,11-13H2,1H3/t17-,19+,20+/m1/s1. The molecule has 0 N–H and O–H groups in total. The predicted octanol–water partition coefficient (Wildman–Crippen LogP) is 3.67. The highest BCUT2D eigenvalue weighted by Gasteiger charge is 2.53. The average Bonchev–Trinajstić information content (AvgIpc) is 2.60. The third-order valence-corrected chi connectivity index (χ3v) is 6.67. The highest BCUT2D eigenvalue weighted by molar-refractivity contribution is 5.45. The van der Waals surface area contributed by atoms with E-state index in [1.165, 1.54) is 37.7 Å². The quantitative estimate of drug-likeness (QED) is 0.854. The van der Waals surface area contributed by atoms with Crippen LogP contribution in [0, 0.1) is 17.2 Å². The first-order valence-corrected chi connectivity index (χ1v) is 9.07. The van der Waals surface area contributed by atoms with Gasteiger partial charge in [0.15, 0.2) is 0 Å². The van der Waals surface area contributed by atoms with E-state index < -0.39 is 0 Å². The van der Waals surface area contributed by atoms with Crippen LogP contribution in [0.15, 0.2) is 18.2 Å². The van der Waals surface area contributed by atoms with Crippen molar-refractivity contribution in [3.63, 3.8) is 0 Å². The highest BCUT2D eigenvalue weighted by Crippen LogP contribution is 2.56. The molecular formula is C20H26N2O. The molecule has 3 atom stereocenters. The normalized spacial score (nSPS) is 32.5. The zero-order valence-corrected chi connectivity index (χ0v) is 14.1. The van der Waals surface area contributed by atoms with Gasteiger partial charge in [0.05, 0.1) is 13.2 Å². The van der Waals surface area contributed by atoms with Crippen LogP contribution in [0.1, 0.15) is 49.7 Å². The number of benzene rings is 1. The van der Waals surface area contributed by atoms with Crippen molar-refractivity contribution in [2.24, 2.45) is 5.92 Å². The molecule has 1 saturated carbocycles. The highest BCUT2D eigenvalue weighted by atomic mass is 16.5. The number of ether oxygens (including phenoxy) is 1. The Morgan fingerprint density at radius 1 is 1.35 bits per heavy atom. The Morgan fingerprint density at radius 2 is 2.26 bits per heavy atom. The van der Waals surface area contributed by atoms with Crippen molar-refractivity contribution in [1.82, 2.24) is 4.90 Å². The Morgan fingerprint density at radius 3 is 3.09 bits per heavy atom. The van der Waals surface area contributed by atoms with E-state index in [1.807, 2.05) is 0 Å². The first-order valence-electron chi connectivity index (χ1n) is 9.07. The van der Waals surface area contributed by atoms with E-state index in [2.05, 4.69) is 29.2 Å². The predicted molar refractivity (Wildman–Crippen MR) is 90.5 cm³/mol. The minimum absolute atomic E-state index is 0.369. The van der Waals surface area contributed by atoms with Crippen molar-refractivity contribution >= 4 is 0 Å². The van der Waals surface area contributed by atoms with Gasteiger partial charge < -0.3 is 4.74 Å². The van der Waals surface area contributed by atoms with Gasteiger partial charge in [-0.2, -0.15) is 5.26 Å². The molecule has 1 heterocycles. The van der Waals surface area contributed by atoms with Gasteiger partial charge >= 0.3 is 0 Å². The number of nitrogens with zero attached hydrogens (tertiary/aromatic N) is 2. The number of nitriles is 1. The molecule has 122 valence electrons. The first-order chi connectivity index (χ1) is 11.3. The molecule has 1 aliphatic heterocycles. The molecule has 0 aromatic heterocycles. The van der Waals surface area contributed by atoms with E-state index >= 15 is 0 Å². The fraction of sp³-hybridized carbons (Fsp3) is 0.650. The Bertz CT molecular complexity index is 635. The second-order valence-electron chi connectivity index (χ2n) is 7.50. The molecule has 2 fully saturated rings. The molecule has 3 aliphatic rings. The van der Waals surface area contributed by atoms with Crippen LogP contribution in [0.2, 0.25) is 0 Å². The molecule has 2 bridgehead atoms. The first kappa shape index (κ1) is 15.0. The van der Waals surface area contributed by atoms with Gasteiger partial charge in [0.25, 0.3) is 0 Å². The van der Waals surface area contributed by atoms with Gasteiger partial charge in [0.1, 0.15) is 5.75 Å². The van der Waals surface area contributed by atoms with E-state index in [9.17, 15) is 0 Å². The maximum Gasteiger partial charge on any atom is 0.119 e. The van der Waals surface area contributed by atoms with Crippen LogP contribution in [-0.4, -0.2) is 31.1 Å². The smallest absolute Gasteiger partial charge is 0.119 e. The molecule has 0 radical (unpaired) electrons. The Labute approximate surface area is 139 Å². The molecule has 23 heavy (non-hydrogen) atoms. The second-order valence-corrected chi connectivity index (χ2v) is 7.50. The van der Waals surface area contributed by atoms with Gasteiger partial charge in [0, 0.05) is 24.4 Å². The summed E-state index contributed by atoms with van der Waals surface area (Å²) >= 11 is 0. The lowest BCUT2D eigenvalue weighted by Gasteiger charge is -2.59. The number of fused-ring (bicyclic) bond motifs is 1. The number of rotatable bonds is 3. The van der Waals surface area contributed by atoms with Crippen molar-refractivity contribution in [2.75, 3.05) is 20.2 Å². The number of hydrogen-bond acceptors (Lipinski definition) is 3. The van der Waals surface area contributed by atoms with E-state index in [0.29, 0.717) is 17.9 Å². The maximum atomic E-state index is 8.98. The Hall–Kier alpha value is -1.53. The van der Waals surface area contributed by atoms with Gasteiger partial charge in [-0.05, 0) is 61.4 Å². The summed E-state index contributed by atoms with van der Waals surface area (Å²) in [7, 11) is 1.77. The van der Waals surface area contributed by atoms with E-state index in [4.69, 9.17) is 10.00 Å². The summed E-state index contributed by atoms with van der Waals surface area (Å²) < 4.78 is 5.52. The van der Waals surface area contributed by atoms with Crippen LogP contribution < -0.4 is 4.74 Å². The third kappa shape index (κ3) is 2.27. The summed E-state index contributed by atoms with van der Waals surface area (Å²) in [5, 5.41) is 8.98. The lowest BCUT2D eigenvalue weighted by Crippen LogP contribution is -2.60. The van der Waals surface area contributed by atoms with Crippen LogP contribution in [0.5, 0.6) is 5.75 Å². The Kier molecular flexibility index (Phi) is 3.81. The lowest BCUT2D eigenvalue weighted by molar-refractivity contribution is -0.0101. The second kappa shape index (κ2) is 5.83. The van der Waals surface area contributed by atoms with Crippen LogP contribution in [0.3, 0.4) is 0 Å². The van der Waals surface area contributed by atoms with Crippen molar-refractivity contribution in [3.05, 3.63) is 29.3 Å². The number of methoxy groups -OCH3 is 1. The summed E-state index contributed by atoms with van der Waals surface area (Å²) in [6.45, 7) is 2.10. The van der Waals surface area contributed by atoms with Crippen LogP contribution in [-0.2, 0) is 11.8 Å². The average molecular weight is 310 g/mol. The summed E-state index contributed by atoms with van der Waals surface area (Å²) in [5.41, 5.74) is 3.47. The van der Waals surface area contributed by atoms with Crippen molar-refractivity contribution in [3.8, 4) is 11.8 Å². The lowest BCUT2D eigenvalue weighted by atomic mass is 9.52. The zero-order valence-electron chi connectivity index (χ0n) is 14.1. The van der Waals surface area contributed by atoms with Gasteiger partial charge in [-0.15, -0.1) is 0 Å². The number of piperidine rings is 1. The van der Waals surface area contributed by atoms with Crippen LogP contribution in [0.4, 0.5) is 0 Å². The minimum atomic E-state index is 0.369. The topological polar surface area (TPSA) is 36.3 Å². The molecule has 3 nitrogen and oxygen atoms in total. The fourth-order valence-corrected chi connectivity index (χ4v) is 5.66. The summed E-state index contributed by atoms with van der Waals surface area (Å²) in [6.07, 6.45) is 8.47. The van der Waals surface area contributed by atoms with E-state index in [1.54, 1.807) is 12.7 Å². The van der Waals surface area contributed by atoms with Crippen LogP contribution in [0.25, 0.3) is 0 Å². The molecule has 1 aromatic carbocycles. The van der Waals surface area contributed by atoms with E-state index in [0.717, 1.165) is 31.2 Å². The summed E-state index contributed by atoms with van der Waals surface area (Å²) in [6, 6.07) is 9.71. The molecule has 0 spiro atoms. The number of likely N-dealkylation sites (tertiary alicyclic amines) is 1. The van der Waals surface area contributed by atoms with Gasteiger partial charge in [-0.25, -0.2) is 0 Å². The molecule has 3 heteroatoms. The van der Waals surface area contributed by atoms with Crippen molar-refractivity contribution in [2.45, 2.75) is 56.4 Å². The van der Waals surface area contributed by atoms with Crippen LogP contribution >= 0.6 is 0 Å². The monoisotopic (exact) mass is 310 g/mol. The molecule has 1 saturated heterocycles. The largest absolute Gasteiger partial charge is 0.497 e. The maximum absolute atomic E-state index is 8.98. The summed E-state index contributed by atoms with van der Waals surface area (Å²) in [5.74, 6) is 1.77. The Balaban J connectivity index is 1.76. The molecule has 4 rings (SSSR count). The SMILES string of the molecule is COc1ccc2c(c1)[C@]13CCCC[C@@H]1[C@H](C2)N(CCC#N)CC3. The molecule has 2 aliphatic carbocycles. The fourth-order valence-electron chi connectivity index (χ4n) is 5.66.